The van der Waals surface area contributed by atoms with Gasteiger partial charge in [-0.15, -0.1) is 0 Å². The van der Waals surface area contributed by atoms with Crippen LogP contribution in [0.5, 0.6) is 0 Å². The Labute approximate surface area is 80.1 Å². The normalized spacial score (nSPS) is 14.0. The van der Waals surface area contributed by atoms with Gasteiger partial charge in [0, 0.05) is 0 Å². The van der Waals surface area contributed by atoms with Gasteiger partial charge in [0.05, 0.1) is 0 Å². The predicted octanol–water partition coefficient (Wildman–Crippen LogP) is 3.27. The lowest BCUT2D eigenvalue weighted by Gasteiger charge is -2.33. The first-order valence-electron chi connectivity index (χ1n) is 4.92. The van der Waals surface area contributed by atoms with E-state index in [2.05, 4.69) is 51.2 Å². The van der Waals surface area contributed by atoms with Gasteiger partial charge in [0.15, 0.2) is 0 Å². The van der Waals surface area contributed by atoms with Crippen molar-refractivity contribution >= 4 is 16.5 Å². The molecule has 0 aliphatic rings. The number of nitrogens with one attached hydrogen (secondary N) is 1. The molecule has 0 spiro atoms. The lowest BCUT2D eigenvalue weighted by atomic mass is 10.3. The lowest BCUT2D eigenvalue weighted by Crippen LogP contribution is -2.57. The molecule has 0 saturated carbocycles. The molecule has 0 unspecified atom stereocenters. The van der Waals surface area contributed by atoms with Crippen molar-refractivity contribution in [2.45, 2.75) is 52.6 Å². The van der Waals surface area contributed by atoms with Crippen LogP contribution in [0, 0.1) is 5.92 Å². The third kappa shape index (κ3) is 7.07. The highest BCUT2D eigenvalue weighted by molar-refractivity contribution is 6.90. The molecule has 0 aliphatic heterocycles. The zero-order valence-electron chi connectivity index (χ0n) is 9.78. The van der Waals surface area contributed by atoms with Gasteiger partial charge in [0.25, 0.3) is 0 Å². The quantitative estimate of drug-likeness (QED) is 0.692. The van der Waals surface area contributed by atoms with Gasteiger partial charge in [-0.25, -0.2) is 0 Å². The van der Waals surface area contributed by atoms with Gasteiger partial charge < -0.3 is 4.65 Å². The first kappa shape index (κ1) is 12.4. The van der Waals surface area contributed by atoms with E-state index in [-0.39, 0.29) is 0 Å². The smallest absolute Gasteiger partial charge is 0.113 e. The predicted molar refractivity (Wildman–Crippen MR) is 63.6 cm³/mol. The fourth-order valence-corrected chi connectivity index (χ4v) is 12.7. The Morgan fingerprint density at radius 2 is 1.42 bits per heavy atom. The lowest BCUT2D eigenvalue weighted by molar-refractivity contribution is 0.715. The van der Waals surface area contributed by atoms with E-state index in [0.717, 1.165) is 5.92 Å². The van der Waals surface area contributed by atoms with Crippen molar-refractivity contribution in [3.8, 4) is 0 Å². The topological polar surface area (TPSA) is 12.0 Å². The first-order valence-corrected chi connectivity index (χ1v) is 11.6. The highest BCUT2D eigenvalue weighted by Crippen LogP contribution is 2.15. The standard InChI is InChI=1S/C9H25NSi2/c1-9(2)8-12(6,7)10-11(3,4)5/h9-10H,8H2,1-7H3. The third-order valence-corrected chi connectivity index (χ3v) is 9.18. The molecule has 0 saturated heterocycles. The van der Waals surface area contributed by atoms with Crippen molar-refractivity contribution in [3.63, 3.8) is 0 Å². The van der Waals surface area contributed by atoms with E-state index in [1.807, 2.05) is 0 Å². The van der Waals surface area contributed by atoms with Gasteiger partial charge in [-0.3, -0.25) is 0 Å². The van der Waals surface area contributed by atoms with E-state index in [0.29, 0.717) is 0 Å². The first-order chi connectivity index (χ1) is 5.12. The molecule has 0 rings (SSSR count). The van der Waals surface area contributed by atoms with Crippen molar-refractivity contribution in [2.75, 3.05) is 0 Å². The summed E-state index contributed by atoms with van der Waals surface area (Å²) >= 11 is 0. The van der Waals surface area contributed by atoms with Crippen LogP contribution in [-0.2, 0) is 0 Å². The second-order valence-electron chi connectivity index (χ2n) is 5.86. The highest BCUT2D eigenvalue weighted by Gasteiger charge is 2.27. The van der Waals surface area contributed by atoms with Crippen LogP contribution in [0.25, 0.3) is 0 Å². The summed E-state index contributed by atoms with van der Waals surface area (Å²) in [6, 6.07) is 1.40. The van der Waals surface area contributed by atoms with Crippen LogP contribution < -0.4 is 4.65 Å². The summed E-state index contributed by atoms with van der Waals surface area (Å²) in [7, 11) is -2.14. The zero-order valence-corrected chi connectivity index (χ0v) is 11.8. The fraction of sp³-hybridized carbons (Fsp3) is 1.00. The maximum Gasteiger partial charge on any atom is 0.113 e. The average Bonchev–Trinajstić information content (AvgIpc) is 1.48. The molecule has 74 valence electrons. The largest absolute Gasteiger partial charge is 0.360 e. The maximum atomic E-state index is 3.90. The Bertz CT molecular complexity index is 136. The van der Waals surface area contributed by atoms with E-state index in [1.54, 1.807) is 0 Å². The van der Waals surface area contributed by atoms with Gasteiger partial charge >= 0.3 is 0 Å². The molecule has 0 aromatic heterocycles. The van der Waals surface area contributed by atoms with Crippen LogP contribution in [0.1, 0.15) is 13.8 Å². The maximum absolute atomic E-state index is 3.90. The zero-order chi connectivity index (χ0) is 9.99. The summed E-state index contributed by atoms with van der Waals surface area (Å²) in [5.41, 5.74) is 0. The third-order valence-electron chi connectivity index (χ3n) is 1.63. The molecule has 0 aliphatic carbocycles. The van der Waals surface area contributed by atoms with E-state index >= 15 is 0 Å². The summed E-state index contributed by atoms with van der Waals surface area (Å²) in [4.78, 5) is 0. The second kappa shape index (κ2) is 4.07. The summed E-state index contributed by atoms with van der Waals surface area (Å²) in [6.07, 6.45) is 0. The summed E-state index contributed by atoms with van der Waals surface area (Å²) < 4.78 is 3.90. The number of hydrogen-bond acceptors (Lipinski definition) is 1. The van der Waals surface area contributed by atoms with Crippen molar-refractivity contribution in [3.05, 3.63) is 0 Å². The molecule has 1 nitrogen and oxygen atoms in total. The molecule has 12 heavy (non-hydrogen) atoms. The highest BCUT2D eigenvalue weighted by atomic mass is 28.4. The van der Waals surface area contributed by atoms with Crippen molar-refractivity contribution in [1.82, 2.24) is 4.65 Å². The SMILES string of the molecule is CC(C)C[Si](C)(C)N[Si](C)(C)C. The Morgan fingerprint density at radius 1 is 1.00 bits per heavy atom. The molecule has 0 aromatic carbocycles. The number of rotatable bonds is 4. The molecule has 0 heterocycles. The van der Waals surface area contributed by atoms with E-state index < -0.39 is 16.5 Å². The van der Waals surface area contributed by atoms with E-state index in [1.165, 1.54) is 6.04 Å². The molecule has 0 aromatic rings. The van der Waals surface area contributed by atoms with E-state index in [4.69, 9.17) is 0 Å². The fourth-order valence-electron chi connectivity index (χ4n) is 2.09. The van der Waals surface area contributed by atoms with Crippen LogP contribution in [0.3, 0.4) is 0 Å². The summed E-state index contributed by atoms with van der Waals surface area (Å²) in [6.45, 7) is 16.7. The number of hydrogen-bond donors (Lipinski definition) is 1. The van der Waals surface area contributed by atoms with Crippen molar-refractivity contribution < 1.29 is 0 Å². The molecular formula is C9H25NSi2. The Hall–Kier alpha value is 0.394. The van der Waals surface area contributed by atoms with Crippen LogP contribution >= 0.6 is 0 Å². The molecule has 0 radical (unpaired) electrons. The molecule has 3 heteroatoms. The second-order valence-corrected chi connectivity index (χ2v) is 15.5. The van der Waals surface area contributed by atoms with Crippen molar-refractivity contribution in [2.24, 2.45) is 5.92 Å². The molecule has 0 bridgehead atoms. The van der Waals surface area contributed by atoms with E-state index in [9.17, 15) is 0 Å². The Morgan fingerprint density at radius 3 is 1.67 bits per heavy atom. The van der Waals surface area contributed by atoms with Gasteiger partial charge in [0.2, 0.25) is 0 Å². The van der Waals surface area contributed by atoms with Gasteiger partial charge in [-0.05, 0) is 12.0 Å². The van der Waals surface area contributed by atoms with Crippen LogP contribution in [0.15, 0.2) is 0 Å². The minimum Gasteiger partial charge on any atom is -0.360 e. The van der Waals surface area contributed by atoms with Gasteiger partial charge in [-0.2, -0.15) is 0 Å². The Balaban J connectivity index is 4.04. The monoisotopic (exact) mass is 203 g/mol. The van der Waals surface area contributed by atoms with Crippen LogP contribution in [0.4, 0.5) is 0 Å². The molecule has 0 fully saturated rings. The molecule has 0 atom stereocenters. The minimum atomic E-state index is -1.09. The minimum absolute atomic E-state index is 0.843. The molecule has 0 amide bonds. The molecular weight excluding hydrogens is 178 g/mol. The van der Waals surface area contributed by atoms with Gasteiger partial charge in [-0.1, -0.05) is 46.6 Å². The van der Waals surface area contributed by atoms with Crippen LogP contribution in [0.2, 0.25) is 38.8 Å². The summed E-state index contributed by atoms with van der Waals surface area (Å²) in [5, 5.41) is 0. The summed E-state index contributed by atoms with van der Waals surface area (Å²) in [5.74, 6) is 0.843. The van der Waals surface area contributed by atoms with Gasteiger partial charge in [0.1, 0.15) is 16.5 Å². The Kier molecular flexibility index (Phi) is 4.20. The van der Waals surface area contributed by atoms with Crippen LogP contribution in [-0.4, -0.2) is 16.5 Å². The molecule has 1 N–H and O–H groups in total. The average molecular weight is 203 g/mol. The van der Waals surface area contributed by atoms with Crippen molar-refractivity contribution in [1.29, 1.82) is 0 Å².